The van der Waals surface area contributed by atoms with Crippen LogP contribution in [0.2, 0.25) is 5.02 Å². The largest absolute Gasteiger partial charge is 0.358 e. The van der Waals surface area contributed by atoms with Crippen LogP contribution in [0.4, 0.5) is 5.69 Å². The van der Waals surface area contributed by atoms with Gasteiger partial charge in [-0.2, -0.15) is 0 Å². The van der Waals surface area contributed by atoms with Crippen LogP contribution in [0.1, 0.15) is 41.4 Å². The predicted molar refractivity (Wildman–Crippen MR) is 125 cm³/mol. The van der Waals surface area contributed by atoms with Gasteiger partial charge >= 0.3 is 0 Å². The lowest BCUT2D eigenvalue weighted by Crippen LogP contribution is -2.64. The third-order valence-corrected chi connectivity index (χ3v) is 7.56. The molecule has 0 bridgehead atoms. The third-order valence-electron chi connectivity index (χ3n) is 7.33. The molecule has 168 valence electrons. The van der Waals surface area contributed by atoms with E-state index < -0.39 is 5.66 Å². The number of carbonyl (C=O) groups excluding carboxylic acids is 3. The summed E-state index contributed by atoms with van der Waals surface area (Å²) in [7, 11) is 0. The van der Waals surface area contributed by atoms with E-state index in [1.54, 1.807) is 26.8 Å². The standard InChI is InChI=1S/C25H23ClN4O3/c1-25-10-8-22(31)30(25)21-5-3-2-4-16(21)24(33)29(25)14-23(32)28-11-9-20-18(13-28)17-12-15(26)6-7-19(17)27-20/h2-7,12,27H,8-11,13-14H2,1H3. The summed E-state index contributed by atoms with van der Waals surface area (Å²) in [4.78, 5) is 48.2. The molecule has 1 saturated heterocycles. The molecule has 0 radical (unpaired) electrons. The molecule has 0 saturated carbocycles. The number of fused-ring (bicyclic) bond motifs is 6. The normalized spacial score (nSPS) is 21.9. The van der Waals surface area contributed by atoms with Crippen LogP contribution in [0, 0.1) is 0 Å². The molecule has 1 unspecified atom stereocenters. The molecule has 1 aromatic heterocycles. The first-order chi connectivity index (χ1) is 15.9. The highest BCUT2D eigenvalue weighted by Gasteiger charge is 2.53. The Hall–Kier alpha value is -3.32. The number of nitrogens with one attached hydrogen (secondary N) is 1. The van der Waals surface area contributed by atoms with Gasteiger partial charge in [-0.1, -0.05) is 23.7 Å². The zero-order valence-corrected chi connectivity index (χ0v) is 19.0. The second-order valence-corrected chi connectivity index (χ2v) is 9.63. The smallest absolute Gasteiger partial charge is 0.258 e. The average Bonchev–Trinajstić information content (AvgIpc) is 3.33. The van der Waals surface area contributed by atoms with E-state index >= 15 is 0 Å². The van der Waals surface area contributed by atoms with E-state index in [4.69, 9.17) is 11.6 Å². The highest BCUT2D eigenvalue weighted by Crippen LogP contribution is 2.44. The molecule has 2 aromatic carbocycles. The molecule has 6 rings (SSSR count). The zero-order chi connectivity index (χ0) is 22.9. The Morgan fingerprint density at radius 1 is 1.15 bits per heavy atom. The fourth-order valence-electron chi connectivity index (χ4n) is 5.58. The molecule has 1 fully saturated rings. The maximum Gasteiger partial charge on any atom is 0.258 e. The van der Waals surface area contributed by atoms with Gasteiger partial charge in [-0.15, -0.1) is 0 Å². The van der Waals surface area contributed by atoms with Crippen LogP contribution < -0.4 is 4.90 Å². The van der Waals surface area contributed by atoms with Crippen LogP contribution in [0.5, 0.6) is 0 Å². The van der Waals surface area contributed by atoms with Crippen molar-refractivity contribution in [2.75, 3.05) is 18.0 Å². The van der Waals surface area contributed by atoms with Crippen molar-refractivity contribution in [2.24, 2.45) is 0 Å². The Labute approximate surface area is 195 Å². The molecule has 1 N–H and O–H groups in total. The van der Waals surface area contributed by atoms with Crippen molar-refractivity contribution < 1.29 is 14.4 Å². The van der Waals surface area contributed by atoms with E-state index in [9.17, 15) is 14.4 Å². The Balaban J connectivity index is 1.31. The lowest BCUT2D eigenvalue weighted by Gasteiger charge is -2.48. The summed E-state index contributed by atoms with van der Waals surface area (Å²) in [5.41, 5.74) is 3.46. The molecule has 3 amide bonds. The Kier molecular flexibility index (Phi) is 4.36. The number of aromatic amines is 1. The van der Waals surface area contributed by atoms with Crippen molar-refractivity contribution in [1.29, 1.82) is 0 Å². The van der Waals surface area contributed by atoms with E-state index in [1.165, 1.54) is 0 Å². The minimum absolute atomic E-state index is 0.0202. The molecule has 3 aliphatic heterocycles. The van der Waals surface area contributed by atoms with Crippen molar-refractivity contribution in [3.8, 4) is 0 Å². The van der Waals surface area contributed by atoms with Crippen LogP contribution >= 0.6 is 11.6 Å². The first kappa shape index (κ1) is 20.3. The predicted octanol–water partition coefficient (Wildman–Crippen LogP) is 3.71. The lowest BCUT2D eigenvalue weighted by atomic mass is 9.98. The molecule has 7 nitrogen and oxygen atoms in total. The zero-order valence-electron chi connectivity index (χ0n) is 18.2. The van der Waals surface area contributed by atoms with Crippen LogP contribution in [-0.4, -0.2) is 51.3 Å². The molecule has 8 heteroatoms. The summed E-state index contributed by atoms with van der Waals surface area (Å²) in [6.07, 6.45) is 1.57. The SMILES string of the molecule is CC12CCC(=O)N1c1ccccc1C(=O)N2CC(=O)N1CCc2[nH]c3ccc(Cl)cc3c2C1. The highest BCUT2D eigenvalue weighted by molar-refractivity contribution is 6.31. The van der Waals surface area contributed by atoms with Gasteiger partial charge in [0.1, 0.15) is 12.2 Å². The number of carbonyl (C=O) groups is 3. The van der Waals surface area contributed by atoms with Crippen molar-refractivity contribution in [1.82, 2.24) is 14.8 Å². The van der Waals surface area contributed by atoms with E-state index in [0.29, 0.717) is 48.6 Å². The van der Waals surface area contributed by atoms with Gasteiger partial charge in [-0.05, 0) is 43.7 Å². The lowest BCUT2D eigenvalue weighted by molar-refractivity contribution is -0.134. The Bertz CT molecular complexity index is 1350. The third kappa shape index (κ3) is 2.92. The van der Waals surface area contributed by atoms with Gasteiger partial charge < -0.3 is 14.8 Å². The number of hydrogen-bond donors (Lipinski definition) is 1. The fraction of sp³-hybridized carbons (Fsp3) is 0.320. The summed E-state index contributed by atoms with van der Waals surface area (Å²) >= 11 is 6.21. The number of aromatic nitrogens is 1. The van der Waals surface area contributed by atoms with Crippen LogP contribution in [-0.2, 0) is 22.6 Å². The van der Waals surface area contributed by atoms with Gasteiger partial charge in [-0.3, -0.25) is 19.3 Å². The number of H-pyrrole nitrogens is 1. The Morgan fingerprint density at radius 3 is 2.82 bits per heavy atom. The average molecular weight is 463 g/mol. The summed E-state index contributed by atoms with van der Waals surface area (Å²) < 4.78 is 0. The van der Waals surface area contributed by atoms with E-state index in [-0.39, 0.29) is 24.3 Å². The second-order valence-electron chi connectivity index (χ2n) is 9.19. The minimum Gasteiger partial charge on any atom is -0.358 e. The monoisotopic (exact) mass is 462 g/mol. The van der Waals surface area contributed by atoms with Crippen molar-refractivity contribution in [2.45, 2.75) is 38.4 Å². The number of rotatable bonds is 2. The molecule has 0 spiro atoms. The van der Waals surface area contributed by atoms with Gasteiger partial charge in [0, 0.05) is 53.1 Å². The summed E-state index contributed by atoms with van der Waals surface area (Å²) in [6, 6.07) is 12.9. The summed E-state index contributed by atoms with van der Waals surface area (Å²) in [5.74, 6) is -0.345. The quantitative estimate of drug-likeness (QED) is 0.630. The van der Waals surface area contributed by atoms with Crippen molar-refractivity contribution in [3.63, 3.8) is 0 Å². The first-order valence-corrected chi connectivity index (χ1v) is 11.6. The number of amides is 3. The number of halogens is 1. The number of benzene rings is 2. The number of para-hydroxylation sites is 1. The summed E-state index contributed by atoms with van der Waals surface area (Å²) in [6.45, 7) is 2.86. The topological polar surface area (TPSA) is 76.7 Å². The van der Waals surface area contributed by atoms with Crippen LogP contribution in [0.25, 0.3) is 10.9 Å². The minimum atomic E-state index is -0.840. The maximum atomic E-state index is 13.5. The number of nitrogens with zero attached hydrogens (tertiary/aromatic N) is 3. The van der Waals surface area contributed by atoms with Crippen LogP contribution in [0.3, 0.4) is 0 Å². The van der Waals surface area contributed by atoms with E-state index in [1.807, 2.05) is 37.3 Å². The highest BCUT2D eigenvalue weighted by atomic mass is 35.5. The van der Waals surface area contributed by atoms with Gasteiger partial charge in [0.25, 0.3) is 5.91 Å². The molecule has 1 atom stereocenters. The molecule has 3 aromatic rings. The van der Waals surface area contributed by atoms with Gasteiger partial charge in [0.2, 0.25) is 11.8 Å². The molecule has 0 aliphatic carbocycles. The van der Waals surface area contributed by atoms with Crippen molar-refractivity contribution in [3.05, 3.63) is 64.3 Å². The van der Waals surface area contributed by atoms with Crippen molar-refractivity contribution >= 4 is 45.9 Å². The summed E-state index contributed by atoms with van der Waals surface area (Å²) in [5, 5.41) is 1.68. The van der Waals surface area contributed by atoms with E-state index in [2.05, 4.69) is 4.98 Å². The van der Waals surface area contributed by atoms with Gasteiger partial charge in [-0.25, -0.2) is 0 Å². The van der Waals surface area contributed by atoms with Gasteiger partial charge in [0.15, 0.2) is 0 Å². The second kappa shape index (κ2) is 7.09. The molecular formula is C25H23ClN4O3. The number of anilines is 1. The van der Waals surface area contributed by atoms with E-state index in [0.717, 1.165) is 22.2 Å². The molecular weight excluding hydrogens is 440 g/mol. The first-order valence-electron chi connectivity index (χ1n) is 11.2. The maximum absolute atomic E-state index is 13.5. The molecule has 33 heavy (non-hydrogen) atoms. The molecule has 3 aliphatic rings. The fourth-order valence-corrected chi connectivity index (χ4v) is 5.75. The Morgan fingerprint density at radius 2 is 1.97 bits per heavy atom. The molecule has 4 heterocycles. The van der Waals surface area contributed by atoms with Crippen LogP contribution in [0.15, 0.2) is 42.5 Å². The van der Waals surface area contributed by atoms with Gasteiger partial charge in [0.05, 0.1) is 11.3 Å². The number of hydrogen-bond acceptors (Lipinski definition) is 3.